The van der Waals surface area contributed by atoms with Crippen LogP contribution < -0.4 is 10.2 Å². The Morgan fingerprint density at radius 2 is 1.78 bits per heavy atom. The minimum atomic E-state index is -1.04. The summed E-state index contributed by atoms with van der Waals surface area (Å²) >= 11 is 1.16. The summed E-state index contributed by atoms with van der Waals surface area (Å²) in [5.74, 6) is -0.724. The average Bonchev–Trinajstić information content (AvgIpc) is 3.44. The fraction of sp³-hybridized carbons (Fsp3) is 0.429. The number of carbonyl (C=O) groups is 3. The largest absolute Gasteiger partial charge is 0.477 e. The molecule has 0 aliphatic heterocycles. The molecule has 1 saturated carbocycles. The number of benzene rings is 1. The van der Waals surface area contributed by atoms with Gasteiger partial charge < -0.3 is 15.3 Å². The predicted octanol–water partition coefficient (Wildman–Crippen LogP) is 5.98. The van der Waals surface area contributed by atoms with E-state index in [1.54, 1.807) is 28.8 Å². The van der Waals surface area contributed by atoms with Gasteiger partial charge in [0.15, 0.2) is 0 Å². The number of hydrogen-bond donors (Lipinski definition) is 2. The predicted molar refractivity (Wildman–Crippen MR) is 146 cm³/mol. The maximum atomic E-state index is 13.5. The molecule has 0 bridgehead atoms. The van der Waals surface area contributed by atoms with Gasteiger partial charge in [0.05, 0.1) is 17.4 Å². The molecule has 2 aromatic heterocycles. The van der Waals surface area contributed by atoms with E-state index in [0.29, 0.717) is 22.9 Å². The van der Waals surface area contributed by atoms with Crippen LogP contribution in [0.15, 0.2) is 36.5 Å². The van der Waals surface area contributed by atoms with Gasteiger partial charge >= 0.3 is 5.97 Å². The monoisotopic (exact) mass is 522 g/mol. The zero-order valence-corrected chi connectivity index (χ0v) is 22.8. The lowest BCUT2D eigenvalue weighted by atomic mass is 9.82. The van der Waals surface area contributed by atoms with Crippen molar-refractivity contribution in [2.24, 2.45) is 18.9 Å². The first-order valence-corrected chi connectivity index (χ1v) is 13.5. The summed E-state index contributed by atoms with van der Waals surface area (Å²) in [7, 11) is 1.78. The highest BCUT2D eigenvalue weighted by Gasteiger charge is 2.33. The Morgan fingerprint density at radius 3 is 2.32 bits per heavy atom. The molecule has 4 rings (SSSR count). The van der Waals surface area contributed by atoms with Crippen molar-refractivity contribution in [3.63, 3.8) is 0 Å². The SMILES string of the molecule is Cc1c(C(=O)Nc2ccc(-c3cc(N(C(=O)C4CCC(C)CC4)C(C)C)c(C(=O)O)s3)cc2)cnn1C. The summed E-state index contributed by atoms with van der Waals surface area (Å²) in [6.45, 7) is 7.89. The van der Waals surface area contributed by atoms with E-state index in [0.717, 1.165) is 53.2 Å². The van der Waals surface area contributed by atoms with Gasteiger partial charge in [-0.15, -0.1) is 11.3 Å². The number of aromatic nitrogens is 2. The number of rotatable bonds is 7. The van der Waals surface area contributed by atoms with Gasteiger partial charge in [0.1, 0.15) is 4.88 Å². The Labute approximate surface area is 221 Å². The number of nitrogens with one attached hydrogen (secondary N) is 1. The Kier molecular flexibility index (Phi) is 7.82. The standard InChI is InChI=1S/C28H34N4O4S/c1-16(2)32(27(34)20-8-6-17(3)7-9-20)23-14-24(37-25(23)28(35)36)19-10-12-21(13-11-19)30-26(33)22-15-29-31(5)18(22)4/h10-17,20H,6-9H2,1-5H3,(H,30,33)(H,35,36). The van der Waals surface area contributed by atoms with Crippen LogP contribution in [0.2, 0.25) is 0 Å². The molecule has 0 atom stereocenters. The van der Waals surface area contributed by atoms with Crippen LogP contribution in [0.3, 0.4) is 0 Å². The van der Waals surface area contributed by atoms with E-state index >= 15 is 0 Å². The van der Waals surface area contributed by atoms with Crippen LogP contribution in [0.25, 0.3) is 10.4 Å². The quantitative estimate of drug-likeness (QED) is 0.397. The Hall–Kier alpha value is -3.46. The first-order chi connectivity index (χ1) is 17.6. The molecule has 0 unspecified atom stereocenters. The number of carboxylic acid groups (broad SMARTS) is 1. The summed E-state index contributed by atoms with van der Waals surface area (Å²) < 4.78 is 1.65. The Bertz CT molecular complexity index is 1300. The lowest BCUT2D eigenvalue weighted by Gasteiger charge is -2.33. The summed E-state index contributed by atoms with van der Waals surface area (Å²) in [4.78, 5) is 40.9. The molecule has 2 amide bonds. The van der Waals surface area contributed by atoms with Crippen molar-refractivity contribution in [1.29, 1.82) is 0 Å². The molecule has 1 aromatic carbocycles. The third-order valence-corrected chi connectivity index (χ3v) is 8.35. The van der Waals surface area contributed by atoms with Crippen LogP contribution in [0.5, 0.6) is 0 Å². The van der Waals surface area contributed by atoms with Gasteiger partial charge in [-0.2, -0.15) is 5.10 Å². The maximum Gasteiger partial charge on any atom is 0.348 e. The number of aromatic carboxylic acids is 1. The van der Waals surface area contributed by atoms with Crippen LogP contribution in [0.4, 0.5) is 11.4 Å². The minimum Gasteiger partial charge on any atom is -0.477 e. The Morgan fingerprint density at radius 1 is 1.14 bits per heavy atom. The van der Waals surface area contributed by atoms with E-state index in [4.69, 9.17) is 0 Å². The third kappa shape index (κ3) is 5.61. The van der Waals surface area contributed by atoms with Crippen LogP contribution >= 0.6 is 11.3 Å². The number of hydrogen-bond acceptors (Lipinski definition) is 5. The molecule has 1 fully saturated rings. The van der Waals surface area contributed by atoms with Crippen LogP contribution in [-0.2, 0) is 11.8 Å². The third-order valence-electron chi connectivity index (χ3n) is 7.19. The molecule has 2 heterocycles. The van der Waals surface area contributed by atoms with Crippen LogP contribution in [0, 0.1) is 18.8 Å². The van der Waals surface area contributed by atoms with Crippen molar-refractivity contribution < 1.29 is 19.5 Å². The highest BCUT2D eigenvalue weighted by atomic mass is 32.1. The van der Waals surface area contributed by atoms with Crippen LogP contribution in [0.1, 0.15) is 72.2 Å². The zero-order chi connectivity index (χ0) is 26.9. The molecular formula is C28H34N4O4S. The fourth-order valence-electron chi connectivity index (χ4n) is 4.85. The second-order valence-corrected chi connectivity index (χ2v) is 11.2. The first kappa shape index (κ1) is 26.6. The van der Waals surface area contributed by atoms with E-state index in [1.165, 1.54) is 6.20 Å². The minimum absolute atomic E-state index is 0.0116. The summed E-state index contributed by atoms with van der Waals surface area (Å²) in [6.07, 6.45) is 5.26. The highest BCUT2D eigenvalue weighted by molar-refractivity contribution is 7.18. The van der Waals surface area contributed by atoms with Crippen LogP contribution in [-0.4, -0.2) is 38.7 Å². The molecule has 37 heavy (non-hydrogen) atoms. The molecule has 2 N–H and O–H groups in total. The summed E-state index contributed by atoms with van der Waals surface area (Å²) in [6, 6.07) is 8.90. The summed E-state index contributed by atoms with van der Waals surface area (Å²) in [5.41, 5.74) is 3.17. The first-order valence-electron chi connectivity index (χ1n) is 12.7. The maximum absolute atomic E-state index is 13.5. The molecule has 0 spiro atoms. The smallest absolute Gasteiger partial charge is 0.348 e. The molecule has 0 radical (unpaired) electrons. The molecular weight excluding hydrogens is 488 g/mol. The molecule has 0 saturated heterocycles. The van der Waals surface area contributed by atoms with E-state index in [1.807, 2.05) is 39.0 Å². The number of carbonyl (C=O) groups excluding carboxylic acids is 2. The van der Waals surface area contributed by atoms with Crippen molar-refractivity contribution in [1.82, 2.24) is 9.78 Å². The molecule has 3 aromatic rings. The second kappa shape index (κ2) is 10.9. The number of aryl methyl sites for hydroxylation is 1. The zero-order valence-electron chi connectivity index (χ0n) is 21.9. The van der Waals surface area contributed by atoms with Crippen molar-refractivity contribution in [3.05, 3.63) is 52.7 Å². The topological polar surface area (TPSA) is 105 Å². The van der Waals surface area contributed by atoms with Gasteiger partial charge in [0.25, 0.3) is 5.91 Å². The van der Waals surface area contributed by atoms with Gasteiger partial charge in [-0.1, -0.05) is 19.1 Å². The molecule has 8 nitrogen and oxygen atoms in total. The van der Waals surface area contributed by atoms with Gasteiger partial charge in [-0.3, -0.25) is 14.3 Å². The molecule has 9 heteroatoms. The van der Waals surface area contributed by atoms with Crippen molar-refractivity contribution >= 4 is 40.5 Å². The lowest BCUT2D eigenvalue weighted by Crippen LogP contribution is -2.42. The molecule has 196 valence electrons. The van der Waals surface area contributed by atoms with E-state index < -0.39 is 5.97 Å². The van der Waals surface area contributed by atoms with Gasteiger partial charge in [0.2, 0.25) is 5.91 Å². The second-order valence-electron chi connectivity index (χ2n) is 10.2. The van der Waals surface area contributed by atoms with E-state index in [2.05, 4.69) is 17.3 Å². The van der Waals surface area contributed by atoms with E-state index in [-0.39, 0.29) is 28.7 Å². The fourth-order valence-corrected chi connectivity index (χ4v) is 5.84. The number of nitrogens with zero attached hydrogens (tertiary/aromatic N) is 3. The van der Waals surface area contributed by atoms with Gasteiger partial charge in [-0.05, 0) is 76.1 Å². The number of amides is 2. The normalized spacial score (nSPS) is 17.6. The van der Waals surface area contributed by atoms with E-state index in [9.17, 15) is 19.5 Å². The highest BCUT2D eigenvalue weighted by Crippen LogP contribution is 2.40. The molecule has 1 aliphatic rings. The number of anilines is 2. The Balaban J connectivity index is 1.58. The van der Waals surface area contributed by atoms with Gasteiger partial charge in [-0.25, -0.2) is 4.79 Å². The lowest BCUT2D eigenvalue weighted by molar-refractivity contribution is -0.123. The van der Waals surface area contributed by atoms with Crippen molar-refractivity contribution in [2.75, 3.05) is 10.2 Å². The number of thiophene rings is 1. The molecule has 1 aliphatic carbocycles. The summed E-state index contributed by atoms with van der Waals surface area (Å²) in [5, 5.41) is 17.0. The van der Waals surface area contributed by atoms with Crippen molar-refractivity contribution in [3.8, 4) is 10.4 Å². The van der Waals surface area contributed by atoms with Gasteiger partial charge in [0, 0.05) is 35.3 Å². The van der Waals surface area contributed by atoms with Crippen molar-refractivity contribution in [2.45, 2.75) is 59.4 Å². The number of carboxylic acids is 1. The average molecular weight is 523 g/mol.